The Morgan fingerprint density at radius 1 is 1.22 bits per heavy atom. The zero-order valence-electron chi connectivity index (χ0n) is 14.9. The van der Waals surface area contributed by atoms with E-state index >= 15 is 0 Å². The van der Waals surface area contributed by atoms with Crippen LogP contribution in [0.25, 0.3) is 0 Å². The van der Waals surface area contributed by atoms with Crippen LogP contribution in [0.4, 0.5) is 11.4 Å². The van der Waals surface area contributed by atoms with Gasteiger partial charge in [0.15, 0.2) is 10.9 Å². The molecule has 2 aliphatic rings. The van der Waals surface area contributed by atoms with Gasteiger partial charge < -0.3 is 14.4 Å². The lowest BCUT2D eigenvalue weighted by Gasteiger charge is -2.36. The van der Waals surface area contributed by atoms with Gasteiger partial charge >= 0.3 is 0 Å². The summed E-state index contributed by atoms with van der Waals surface area (Å²) >= 11 is 5.24. The van der Waals surface area contributed by atoms with Crippen LogP contribution in [0.1, 0.15) is 17.2 Å². The van der Waals surface area contributed by atoms with E-state index in [4.69, 9.17) is 21.7 Å². The van der Waals surface area contributed by atoms with Crippen molar-refractivity contribution in [3.63, 3.8) is 0 Å². The zero-order valence-corrected chi connectivity index (χ0v) is 15.7. The Labute approximate surface area is 159 Å². The number of benzene rings is 1. The van der Waals surface area contributed by atoms with Crippen molar-refractivity contribution in [2.75, 3.05) is 31.2 Å². The average Bonchev–Trinajstić information content (AvgIpc) is 2.65. The molecule has 10 heteroatoms. The summed E-state index contributed by atoms with van der Waals surface area (Å²) in [5.74, 6) is 0.410. The van der Waals surface area contributed by atoms with Gasteiger partial charge in [0.25, 0.3) is 11.2 Å². The van der Waals surface area contributed by atoms with E-state index in [1.807, 2.05) is 0 Å². The van der Waals surface area contributed by atoms with E-state index in [-0.39, 0.29) is 11.2 Å². The number of nitro groups is 1. The van der Waals surface area contributed by atoms with Gasteiger partial charge in [-0.25, -0.2) is 0 Å². The van der Waals surface area contributed by atoms with Gasteiger partial charge in [-0.2, -0.15) is 0 Å². The maximum Gasteiger partial charge on any atom is 0.270 e. The monoisotopic (exact) mass is 390 g/mol. The van der Waals surface area contributed by atoms with E-state index < -0.39 is 11.0 Å². The average molecular weight is 390 g/mol. The number of nitro benzene ring substituents is 1. The summed E-state index contributed by atoms with van der Waals surface area (Å²) in [6, 6.07) is 4.67. The minimum absolute atomic E-state index is 0.0415. The predicted molar refractivity (Wildman–Crippen MR) is 100 cm³/mol. The predicted octanol–water partition coefficient (Wildman–Crippen LogP) is 1.68. The molecule has 0 saturated carbocycles. The molecule has 0 radical (unpaired) electrons. The van der Waals surface area contributed by atoms with E-state index in [9.17, 15) is 14.9 Å². The number of ether oxygens (including phenoxy) is 2. The number of rotatable bonds is 3. The van der Waals surface area contributed by atoms with Gasteiger partial charge in [0.05, 0.1) is 18.1 Å². The van der Waals surface area contributed by atoms with Gasteiger partial charge in [0.2, 0.25) is 5.88 Å². The summed E-state index contributed by atoms with van der Waals surface area (Å²) in [6.45, 7) is 2.49. The normalized spacial score (nSPS) is 18.4. The quantitative estimate of drug-likeness (QED) is 0.447. The third kappa shape index (κ3) is 2.72. The zero-order chi connectivity index (χ0) is 19.3. The highest BCUT2D eigenvalue weighted by Gasteiger charge is 2.39. The highest BCUT2D eigenvalue weighted by molar-refractivity contribution is 7.71. The molecular weight excluding hydrogens is 372 g/mol. The molecule has 1 atom stereocenters. The molecule has 4 rings (SSSR count). The van der Waals surface area contributed by atoms with E-state index in [0.29, 0.717) is 48.1 Å². The van der Waals surface area contributed by atoms with Crippen molar-refractivity contribution in [3.8, 4) is 5.88 Å². The Kier molecular flexibility index (Phi) is 4.23. The maximum atomic E-state index is 12.7. The smallest absolute Gasteiger partial charge is 0.270 e. The summed E-state index contributed by atoms with van der Waals surface area (Å²) in [7, 11) is 3.34. The number of aromatic nitrogens is 2. The first-order chi connectivity index (χ1) is 12.9. The van der Waals surface area contributed by atoms with Crippen LogP contribution in [0, 0.1) is 14.9 Å². The Morgan fingerprint density at radius 2 is 1.93 bits per heavy atom. The van der Waals surface area contributed by atoms with Crippen LogP contribution < -0.4 is 15.2 Å². The van der Waals surface area contributed by atoms with Gasteiger partial charge in [-0.3, -0.25) is 24.0 Å². The maximum absolute atomic E-state index is 12.7. The number of anilines is 1. The summed E-state index contributed by atoms with van der Waals surface area (Å²) in [5.41, 5.74) is 1.59. The molecular formula is C17H18N4O5S. The molecule has 2 aliphatic heterocycles. The second kappa shape index (κ2) is 6.46. The summed E-state index contributed by atoms with van der Waals surface area (Å²) in [5, 5.41) is 11.3. The Hall–Kier alpha value is -2.72. The van der Waals surface area contributed by atoms with Gasteiger partial charge in [-0.05, 0) is 18.3 Å². The third-order valence-electron chi connectivity index (χ3n) is 4.99. The van der Waals surface area contributed by atoms with Crippen LogP contribution in [0.5, 0.6) is 5.88 Å². The van der Waals surface area contributed by atoms with Crippen molar-refractivity contribution < 1.29 is 14.4 Å². The Bertz CT molecular complexity index is 1050. The SMILES string of the molecule is Cn1c2c(c(=O)n(C)c1=S)[C@H](c1cc([N+](=O)[O-])ccc1N1CCOCC1)O2. The Balaban J connectivity index is 1.87. The van der Waals surface area contributed by atoms with Crippen LogP contribution >= 0.6 is 12.2 Å². The lowest BCUT2D eigenvalue weighted by molar-refractivity contribution is -0.384. The number of non-ortho nitro benzene ring substituents is 1. The number of nitrogens with zero attached hydrogens (tertiary/aromatic N) is 4. The number of hydrogen-bond donors (Lipinski definition) is 0. The van der Waals surface area contributed by atoms with Crippen molar-refractivity contribution in [2.45, 2.75) is 6.10 Å². The molecule has 3 heterocycles. The molecule has 0 unspecified atom stereocenters. The second-order valence-electron chi connectivity index (χ2n) is 6.52. The van der Waals surface area contributed by atoms with Crippen LogP contribution in [0.15, 0.2) is 23.0 Å². The van der Waals surface area contributed by atoms with Crippen LogP contribution in [0.3, 0.4) is 0 Å². The lowest BCUT2D eigenvalue weighted by Crippen LogP contribution is -2.40. The fourth-order valence-corrected chi connectivity index (χ4v) is 3.67. The molecule has 1 fully saturated rings. The van der Waals surface area contributed by atoms with Gasteiger partial charge in [-0.15, -0.1) is 0 Å². The molecule has 1 aromatic carbocycles. The fraction of sp³-hybridized carbons (Fsp3) is 0.412. The molecule has 1 aromatic heterocycles. The first-order valence-electron chi connectivity index (χ1n) is 8.47. The minimum Gasteiger partial charge on any atom is -0.465 e. The molecule has 9 nitrogen and oxygen atoms in total. The van der Waals surface area contributed by atoms with Crippen LogP contribution in [-0.2, 0) is 18.8 Å². The highest BCUT2D eigenvalue weighted by Crippen LogP contribution is 2.44. The number of fused-ring (bicyclic) bond motifs is 1. The van der Waals surface area contributed by atoms with Crippen molar-refractivity contribution in [3.05, 3.63) is 54.6 Å². The van der Waals surface area contributed by atoms with E-state index in [2.05, 4.69) is 4.90 Å². The first kappa shape index (κ1) is 17.7. The molecule has 0 N–H and O–H groups in total. The van der Waals surface area contributed by atoms with Crippen molar-refractivity contribution in [2.24, 2.45) is 14.1 Å². The molecule has 1 saturated heterocycles. The molecule has 0 amide bonds. The fourth-order valence-electron chi connectivity index (χ4n) is 3.51. The number of morpholine rings is 1. The summed E-state index contributed by atoms with van der Waals surface area (Å²) in [6.07, 6.45) is -0.668. The van der Waals surface area contributed by atoms with Crippen LogP contribution in [0.2, 0.25) is 0 Å². The van der Waals surface area contributed by atoms with E-state index in [1.165, 1.54) is 16.7 Å². The summed E-state index contributed by atoms with van der Waals surface area (Å²) in [4.78, 5) is 25.7. The summed E-state index contributed by atoms with van der Waals surface area (Å²) < 4.78 is 14.7. The largest absolute Gasteiger partial charge is 0.465 e. The molecule has 142 valence electrons. The van der Waals surface area contributed by atoms with Gasteiger partial charge in [0.1, 0.15) is 5.56 Å². The van der Waals surface area contributed by atoms with Crippen molar-refractivity contribution in [1.82, 2.24) is 9.13 Å². The minimum atomic E-state index is -0.668. The lowest BCUT2D eigenvalue weighted by atomic mass is 9.96. The first-order valence-corrected chi connectivity index (χ1v) is 8.88. The second-order valence-corrected chi connectivity index (χ2v) is 6.89. The topological polar surface area (TPSA) is 91.8 Å². The molecule has 2 aromatic rings. The highest BCUT2D eigenvalue weighted by atomic mass is 32.1. The Morgan fingerprint density at radius 3 is 2.59 bits per heavy atom. The molecule has 27 heavy (non-hydrogen) atoms. The van der Waals surface area contributed by atoms with E-state index in [1.54, 1.807) is 24.7 Å². The van der Waals surface area contributed by atoms with Crippen molar-refractivity contribution in [1.29, 1.82) is 0 Å². The van der Waals surface area contributed by atoms with E-state index in [0.717, 1.165) is 5.69 Å². The molecule has 0 bridgehead atoms. The standard InChI is InChI=1S/C17H18N4O5S/c1-18-15(22)13-14(26-16(13)19(2)17(18)27)11-9-10(21(23)24)3-4-12(11)20-5-7-25-8-6-20/h3-4,9,14H,5-8H2,1-2H3/t14-/m0/s1. The molecule has 0 spiro atoms. The van der Waals surface area contributed by atoms with Crippen LogP contribution in [-0.4, -0.2) is 40.4 Å². The molecule has 0 aliphatic carbocycles. The number of hydrogen-bond acceptors (Lipinski definition) is 7. The third-order valence-corrected chi connectivity index (χ3v) is 5.54. The van der Waals surface area contributed by atoms with Gasteiger partial charge in [-0.1, -0.05) is 0 Å². The van der Waals surface area contributed by atoms with Crippen molar-refractivity contribution >= 4 is 23.6 Å². The van der Waals surface area contributed by atoms with Gasteiger partial charge in [0, 0.05) is 50.6 Å².